The van der Waals surface area contributed by atoms with Crippen molar-refractivity contribution in [3.05, 3.63) is 24.3 Å². The third-order valence-electron chi connectivity index (χ3n) is 3.62. The first-order valence-corrected chi connectivity index (χ1v) is 8.80. The molecular weight excluding hydrogens is 260 g/mol. The maximum absolute atomic E-state index is 10.3. The molecule has 0 radical (unpaired) electrons. The van der Waals surface area contributed by atoms with E-state index in [1.807, 2.05) is 0 Å². The minimum absolute atomic E-state index is 0.330. The predicted molar refractivity (Wildman–Crippen MR) is 91.6 cm³/mol. The van der Waals surface area contributed by atoms with E-state index in [0.29, 0.717) is 6.42 Å². The van der Waals surface area contributed by atoms with Gasteiger partial charge in [-0.15, -0.1) is 0 Å². The zero-order valence-corrected chi connectivity index (χ0v) is 13.9. The van der Waals surface area contributed by atoms with Gasteiger partial charge >= 0.3 is 5.97 Å². The normalized spacial score (nSPS) is 11.7. The fourth-order valence-corrected chi connectivity index (χ4v) is 2.28. The van der Waals surface area contributed by atoms with Gasteiger partial charge in [0.15, 0.2) is 0 Å². The molecule has 0 saturated carbocycles. The van der Waals surface area contributed by atoms with Crippen LogP contribution in [0.5, 0.6) is 0 Å². The lowest BCUT2D eigenvalue weighted by molar-refractivity contribution is -0.137. The molecule has 0 aliphatic rings. The summed E-state index contributed by atoms with van der Waals surface area (Å²) in [5.41, 5.74) is 0. The molecule has 0 aliphatic carbocycles. The highest BCUT2D eigenvalue weighted by Gasteiger charge is 1.96. The SMILES string of the molecule is CCCCCC=CC=CCCCCCCCCCC(=O)O. The second kappa shape index (κ2) is 17.0. The molecule has 0 aromatic heterocycles. The molecule has 2 nitrogen and oxygen atoms in total. The van der Waals surface area contributed by atoms with Crippen LogP contribution in [0, 0.1) is 0 Å². The number of rotatable bonds is 15. The number of carboxylic acid groups (broad SMARTS) is 1. The average molecular weight is 294 g/mol. The van der Waals surface area contributed by atoms with Crippen molar-refractivity contribution in [1.82, 2.24) is 0 Å². The number of carbonyl (C=O) groups is 1. The lowest BCUT2D eigenvalue weighted by Crippen LogP contribution is -1.93. The Hall–Kier alpha value is -1.05. The van der Waals surface area contributed by atoms with E-state index in [1.54, 1.807) is 0 Å². The third-order valence-corrected chi connectivity index (χ3v) is 3.62. The first-order valence-electron chi connectivity index (χ1n) is 8.80. The summed E-state index contributed by atoms with van der Waals surface area (Å²) >= 11 is 0. The highest BCUT2D eigenvalue weighted by Crippen LogP contribution is 2.10. The minimum atomic E-state index is -0.666. The van der Waals surface area contributed by atoms with Crippen molar-refractivity contribution in [1.29, 1.82) is 0 Å². The van der Waals surface area contributed by atoms with Crippen LogP contribution >= 0.6 is 0 Å². The van der Waals surface area contributed by atoms with E-state index < -0.39 is 5.97 Å². The summed E-state index contributed by atoms with van der Waals surface area (Å²) in [6.07, 6.45) is 23.7. The van der Waals surface area contributed by atoms with Crippen LogP contribution in [0.3, 0.4) is 0 Å². The van der Waals surface area contributed by atoms with Gasteiger partial charge in [-0.2, -0.15) is 0 Å². The Morgan fingerprint density at radius 1 is 0.762 bits per heavy atom. The Kier molecular flexibility index (Phi) is 16.2. The van der Waals surface area contributed by atoms with Gasteiger partial charge in [0.1, 0.15) is 0 Å². The summed E-state index contributed by atoms with van der Waals surface area (Å²) in [4.78, 5) is 10.3. The lowest BCUT2D eigenvalue weighted by atomic mass is 10.1. The molecule has 122 valence electrons. The summed E-state index contributed by atoms with van der Waals surface area (Å²) in [5.74, 6) is -0.666. The second-order valence-corrected chi connectivity index (χ2v) is 5.76. The van der Waals surface area contributed by atoms with E-state index in [0.717, 1.165) is 12.8 Å². The largest absolute Gasteiger partial charge is 0.481 e. The van der Waals surface area contributed by atoms with Gasteiger partial charge in [0, 0.05) is 6.42 Å². The quantitative estimate of drug-likeness (QED) is 0.285. The number of hydrogen-bond donors (Lipinski definition) is 1. The Bertz CT molecular complexity index is 279. The summed E-state index contributed by atoms with van der Waals surface area (Å²) in [7, 11) is 0. The molecule has 0 aliphatic heterocycles. The molecule has 0 amide bonds. The van der Waals surface area contributed by atoms with Crippen LogP contribution in [0.4, 0.5) is 0 Å². The van der Waals surface area contributed by atoms with E-state index >= 15 is 0 Å². The van der Waals surface area contributed by atoms with Gasteiger partial charge < -0.3 is 5.11 Å². The van der Waals surface area contributed by atoms with Crippen molar-refractivity contribution >= 4 is 5.97 Å². The molecule has 1 N–H and O–H groups in total. The number of hydrogen-bond acceptors (Lipinski definition) is 1. The topological polar surface area (TPSA) is 37.3 Å². The maximum Gasteiger partial charge on any atom is 0.303 e. The van der Waals surface area contributed by atoms with Gasteiger partial charge in [-0.3, -0.25) is 4.79 Å². The van der Waals surface area contributed by atoms with Crippen LogP contribution in [-0.4, -0.2) is 11.1 Å². The first-order chi connectivity index (χ1) is 10.3. The van der Waals surface area contributed by atoms with Crippen LogP contribution in [0.15, 0.2) is 24.3 Å². The number of allylic oxidation sites excluding steroid dienone is 4. The van der Waals surface area contributed by atoms with Crippen LogP contribution in [0.25, 0.3) is 0 Å². The van der Waals surface area contributed by atoms with Gasteiger partial charge in [0.2, 0.25) is 0 Å². The molecule has 0 heterocycles. The molecule has 0 bridgehead atoms. The number of aliphatic carboxylic acids is 1. The first kappa shape index (κ1) is 19.9. The van der Waals surface area contributed by atoms with Crippen molar-refractivity contribution in [3.8, 4) is 0 Å². The predicted octanol–water partition coefficient (Wildman–Crippen LogP) is 6.27. The number of unbranched alkanes of at least 4 members (excludes halogenated alkanes) is 10. The molecule has 21 heavy (non-hydrogen) atoms. The molecular formula is C19H34O2. The van der Waals surface area contributed by atoms with Crippen molar-refractivity contribution in [2.45, 2.75) is 90.4 Å². The molecule has 0 aromatic carbocycles. The van der Waals surface area contributed by atoms with Crippen LogP contribution in [-0.2, 0) is 4.79 Å². The van der Waals surface area contributed by atoms with Crippen LogP contribution < -0.4 is 0 Å². The van der Waals surface area contributed by atoms with Crippen LogP contribution in [0.2, 0.25) is 0 Å². The van der Waals surface area contributed by atoms with Crippen molar-refractivity contribution in [2.75, 3.05) is 0 Å². The van der Waals surface area contributed by atoms with Gasteiger partial charge in [0.05, 0.1) is 0 Å². The average Bonchev–Trinajstić information content (AvgIpc) is 2.46. The molecule has 0 aromatic rings. The van der Waals surface area contributed by atoms with E-state index in [-0.39, 0.29) is 0 Å². The Morgan fingerprint density at radius 3 is 1.76 bits per heavy atom. The fraction of sp³-hybridized carbons (Fsp3) is 0.737. The molecule has 0 fully saturated rings. The second-order valence-electron chi connectivity index (χ2n) is 5.76. The summed E-state index contributed by atoms with van der Waals surface area (Å²) in [6.45, 7) is 2.24. The maximum atomic E-state index is 10.3. The summed E-state index contributed by atoms with van der Waals surface area (Å²) in [6, 6.07) is 0. The molecule has 0 rings (SSSR count). The van der Waals surface area contributed by atoms with Crippen molar-refractivity contribution < 1.29 is 9.90 Å². The Labute approximate surface area is 131 Å². The third kappa shape index (κ3) is 18.9. The monoisotopic (exact) mass is 294 g/mol. The molecule has 0 unspecified atom stereocenters. The van der Waals surface area contributed by atoms with E-state index in [9.17, 15) is 4.79 Å². The minimum Gasteiger partial charge on any atom is -0.481 e. The number of carboxylic acids is 1. The van der Waals surface area contributed by atoms with Gasteiger partial charge in [-0.1, -0.05) is 76.2 Å². The standard InChI is InChI=1S/C19H34O2/c1-2-3-4-5-6-7-8-9-10-11-12-13-14-15-16-17-18-19(20)21/h6-9H,2-5,10-18H2,1H3,(H,20,21). The van der Waals surface area contributed by atoms with Crippen LogP contribution in [0.1, 0.15) is 90.4 Å². The van der Waals surface area contributed by atoms with E-state index in [4.69, 9.17) is 5.11 Å². The smallest absolute Gasteiger partial charge is 0.303 e. The lowest BCUT2D eigenvalue weighted by Gasteiger charge is -1.99. The molecule has 0 saturated heterocycles. The van der Waals surface area contributed by atoms with Gasteiger partial charge in [0.25, 0.3) is 0 Å². The zero-order chi connectivity index (χ0) is 15.6. The summed E-state index contributed by atoms with van der Waals surface area (Å²) < 4.78 is 0. The summed E-state index contributed by atoms with van der Waals surface area (Å²) in [5, 5.41) is 8.52. The van der Waals surface area contributed by atoms with E-state index in [2.05, 4.69) is 31.2 Å². The van der Waals surface area contributed by atoms with Gasteiger partial charge in [-0.25, -0.2) is 0 Å². The Morgan fingerprint density at radius 2 is 1.24 bits per heavy atom. The zero-order valence-electron chi connectivity index (χ0n) is 13.9. The highest BCUT2D eigenvalue weighted by molar-refractivity contribution is 5.66. The molecule has 0 atom stereocenters. The Balaban J connectivity index is 3.16. The van der Waals surface area contributed by atoms with E-state index in [1.165, 1.54) is 64.2 Å². The molecule has 2 heteroatoms. The van der Waals surface area contributed by atoms with Crippen molar-refractivity contribution in [2.24, 2.45) is 0 Å². The van der Waals surface area contributed by atoms with Crippen molar-refractivity contribution in [3.63, 3.8) is 0 Å². The fourth-order valence-electron chi connectivity index (χ4n) is 2.28. The van der Waals surface area contributed by atoms with Gasteiger partial charge in [-0.05, 0) is 32.1 Å². The highest BCUT2D eigenvalue weighted by atomic mass is 16.4. The molecule has 0 spiro atoms.